The van der Waals surface area contributed by atoms with E-state index < -0.39 is 5.97 Å². The highest BCUT2D eigenvalue weighted by molar-refractivity contribution is 6.42. The molecule has 0 radical (unpaired) electrons. The third kappa shape index (κ3) is 5.23. The summed E-state index contributed by atoms with van der Waals surface area (Å²) in [6, 6.07) is 5.44. The van der Waals surface area contributed by atoms with Crippen molar-refractivity contribution in [2.75, 3.05) is 20.1 Å². The second-order valence-corrected chi connectivity index (χ2v) is 7.08. The van der Waals surface area contributed by atoms with Crippen molar-refractivity contribution in [1.29, 1.82) is 0 Å². The van der Waals surface area contributed by atoms with Crippen LogP contribution in [0, 0.1) is 0 Å². The van der Waals surface area contributed by atoms with Crippen molar-refractivity contribution in [3.63, 3.8) is 0 Å². The van der Waals surface area contributed by atoms with Crippen LogP contribution < -0.4 is 5.32 Å². The van der Waals surface area contributed by atoms with Gasteiger partial charge in [0, 0.05) is 25.7 Å². The van der Waals surface area contributed by atoms with E-state index in [2.05, 4.69) is 5.32 Å². The van der Waals surface area contributed by atoms with Crippen LogP contribution in [-0.4, -0.2) is 59.1 Å². The number of carbonyl (C=O) groups excluding carboxylic acids is 1. The van der Waals surface area contributed by atoms with Crippen LogP contribution in [0.1, 0.15) is 25.3 Å². The number of likely N-dealkylation sites (N-methyl/N-ethyl adjacent to an activating group) is 1. The molecule has 1 aliphatic carbocycles. The van der Waals surface area contributed by atoms with Crippen molar-refractivity contribution in [3.05, 3.63) is 33.8 Å². The quantitative estimate of drug-likeness (QED) is 0.753. The van der Waals surface area contributed by atoms with Crippen LogP contribution in [0.15, 0.2) is 18.2 Å². The molecule has 25 heavy (non-hydrogen) atoms. The van der Waals surface area contributed by atoms with Gasteiger partial charge in [0.2, 0.25) is 0 Å². The smallest absolute Gasteiger partial charge is 0.317 e. The van der Waals surface area contributed by atoms with Gasteiger partial charge in [-0.05, 0) is 31.0 Å². The maximum absolute atomic E-state index is 12.3. The number of halogens is 2. The highest BCUT2D eigenvalue weighted by Gasteiger charge is 2.35. The van der Waals surface area contributed by atoms with Gasteiger partial charge >= 0.3 is 12.0 Å². The Labute approximate surface area is 157 Å². The summed E-state index contributed by atoms with van der Waals surface area (Å²) in [6.45, 7) is 3.03. The van der Waals surface area contributed by atoms with Gasteiger partial charge in [0.15, 0.2) is 0 Å². The van der Waals surface area contributed by atoms with E-state index in [0.717, 1.165) is 18.4 Å². The molecule has 0 unspecified atom stereocenters. The van der Waals surface area contributed by atoms with Crippen molar-refractivity contribution in [2.24, 2.45) is 0 Å². The van der Waals surface area contributed by atoms with E-state index >= 15 is 0 Å². The zero-order valence-electron chi connectivity index (χ0n) is 14.3. The Morgan fingerprint density at radius 2 is 2.00 bits per heavy atom. The molecule has 1 aromatic rings. The fourth-order valence-corrected chi connectivity index (χ4v) is 3.34. The first kappa shape index (κ1) is 19.8. The molecule has 0 bridgehead atoms. The Bertz CT molecular complexity index is 636. The molecule has 0 saturated heterocycles. The minimum atomic E-state index is -0.826. The lowest BCUT2D eigenvalue weighted by atomic mass is 9.85. The molecule has 0 spiro atoms. The van der Waals surface area contributed by atoms with Gasteiger partial charge in [0.25, 0.3) is 0 Å². The first-order chi connectivity index (χ1) is 11.8. The van der Waals surface area contributed by atoms with Crippen LogP contribution in [0.25, 0.3) is 0 Å². The van der Waals surface area contributed by atoms with Crippen molar-refractivity contribution in [2.45, 2.75) is 38.4 Å². The van der Waals surface area contributed by atoms with Crippen LogP contribution in [0.5, 0.6) is 0 Å². The summed E-state index contributed by atoms with van der Waals surface area (Å²) < 4.78 is 0. The molecular formula is C17H23Cl2N3O3. The largest absolute Gasteiger partial charge is 0.480 e. The van der Waals surface area contributed by atoms with Crippen LogP contribution in [0.3, 0.4) is 0 Å². The van der Waals surface area contributed by atoms with Gasteiger partial charge in [-0.15, -0.1) is 0 Å². The second kappa shape index (κ2) is 8.74. The number of carboxylic acid groups (broad SMARTS) is 1. The zero-order valence-corrected chi connectivity index (χ0v) is 15.8. The number of hydrogen-bond acceptors (Lipinski definition) is 3. The number of hydrogen-bond donors (Lipinski definition) is 2. The van der Waals surface area contributed by atoms with E-state index in [-0.39, 0.29) is 24.7 Å². The Morgan fingerprint density at radius 3 is 2.60 bits per heavy atom. The summed E-state index contributed by atoms with van der Waals surface area (Å²) in [5, 5.41) is 12.8. The van der Waals surface area contributed by atoms with E-state index in [1.165, 1.54) is 0 Å². The highest BCUT2D eigenvalue weighted by atomic mass is 35.5. The number of benzene rings is 1. The van der Waals surface area contributed by atoms with Gasteiger partial charge in [-0.3, -0.25) is 9.69 Å². The minimum Gasteiger partial charge on any atom is -0.480 e. The lowest BCUT2D eigenvalue weighted by Crippen LogP contribution is -2.56. The van der Waals surface area contributed by atoms with E-state index in [1.807, 2.05) is 17.9 Å². The molecule has 2 N–H and O–H groups in total. The van der Waals surface area contributed by atoms with Gasteiger partial charge in [0.1, 0.15) is 0 Å². The number of carbonyl (C=O) groups is 2. The fourth-order valence-electron chi connectivity index (χ4n) is 2.96. The van der Waals surface area contributed by atoms with Crippen LogP contribution >= 0.6 is 23.2 Å². The van der Waals surface area contributed by atoms with Crippen LogP contribution in [0.4, 0.5) is 4.79 Å². The summed E-state index contributed by atoms with van der Waals surface area (Å²) in [4.78, 5) is 26.6. The molecule has 6 nitrogen and oxygen atoms in total. The average molecular weight is 388 g/mol. The summed E-state index contributed by atoms with van der Waals surface area (Å²) in [6.07, 6.45) is 1.53. The topological polar surface area (TPSA) is 72.9 Å². The molecule has 0 aliphatic heterocycles. The molecule has 2 amide bonds. The van der Waals surface area contributed by atoms with E-state index in [4.69, 9.17) is 28.3 Å². The van der Waals surface area contributed by atoms with Gasteiger partial charge in [-0.2, -0.15) is 0 Å². The normalized spacial score (nSPS) is 19.4. The van der Waals surface area contributed by atoms with Crippen molar-refractivity contribution in [1.82, 2.24) is 15.1 Å². The number of urea groups is 1. The Kier molecular flexibility index (Phi) is 6.93. The van der Waals surface area contributed by atoms with Crippen LogP contribution in [0.2, 0.25) is 10.0 Å². The first-order valence-corrected chi connectivity index (χ1v) is 8.97. The Hall–Kier alpha value is -1.50. The number of nitrogens with zero attached hydrogens (tertiary/aromatic N) is 2. The molecular weight excluding hydrogens is 365 g/mol. The lowest BCUT2D eigenvalue weighted by Gasteiger charge is -2.42. The predicted octanol–water partition coefficient (Wildman–Crippen LogP) is 3.07. The average Bonchev–Trinajstić information content (AvgIpc) is 2.52. The van der Waals surface area contributed by atoms with Gasteiger partial charge in [-0.1, -0.05) is 42.3 Å². The molecule has 1 aromatic carbocycles. The fraction of sp³-hybridized carbons (Fsp3) is 0.529. The molecule has 8 heteroatoms. The lowest BCUT2D eigenvalue weighted by molar-refractivity contribution is -0.139. The summed E-state index contributed by atoms with van der Waals surface area (Å²) >= 11 is 12.1. The van der Waals surface area contributed by atoms with Gasteiger partial charge in [0.05, 0.1) is 16.6 Å². The third-order valence-corrected chi connectivity index (χ3v) is 5.35. The monoisotopic (exact) mass is 387 g/mol. The third-order valence-electron chi connectivity index (χ3n) is 4.49. The Morgan fingerprint density at radius 1 is 1.32 bits per heavy atom. The minimum absolute atomic E-state index is 0.0367. The number of amides is 2. The van der Waals surface area contributed by atoms with E-state index in [0.29, 0.717) is 23.1 Å². The second-order valence-electron chi connectivity index (χ2n) is 6.30. The molecule has 0 aromatic heterocycles. The van der Waals surface area contributed by atoms with E-state index in [1.54, 1.807) is 24.1 Å². The maximum Gasteiger partial charge on any atom is 0.317 e. The SMILES string of the molecule is CCN(CC(=O)O)C1CC(NC(=O)N(C)Cc2cccc(Cl)c2Cl)C1. The predicted molar refractivity (Wildman–Crippen MR) is 98.2 cm³/mol. The van der Waals surface area contributed by atoms with Crippen molar-refractivity contribution in [3.8, 4) is 0 Å². The number of aliphatic carboxylic acids is 1. The number of carboxylic acids is 1. The molecule has 1 aliphatic rings. The maximum atomic E-state index is 12.3. The van der Waals surface area contributed by atoms with E-state index in [9.17, 15) is 9.59 Å². The first-order valence-electron chi connectivity index (χ1n) is 8.22. The number of rotatable bonds is 7. The van der Waals surface area contributed by atoms with Crippen LogP contribution in [-0.2, 0) is 11.3 Å². The van der Waals surface area contributed by atoms with Gasteiger partial charge < -0.3 is 15.3 Å². The Balaban J connectivity index is 1.81. The highest BCUT2D eigenvalue weighted by Crippen LogP contribution is 2.27. The molecule has 0 atom stereocenters. The number of nitrogens with one attached hydrogen (secondary N) is 1. The van der Waals surface area contributed by atoms with Crippen molar-refractivity contribution >= 4 is 35.2 Å². The molecule has 2 rings (SSSR count). The molecule has 1 saturated carbocycles. The summed E-state index contributed by atoms with van der Waals surface area (Å²) in [5.74, 6) is -0.826. The summed E-state index contributed by atoms with van der Waals surface area (Å²) in [5.41, 5.74) is 0.789. The standard InChI is InChI=1S/C17H23Cl2N3O3/c1-3-22(10-15(23)24)13-7-12(8-13)20-17(25)21(2)9-11-5-4-6-14(18)16(11)19/h4-6,12-13H,3,7-10H2,1-2H3,(H,20,25)(H,23,24). The zero-order chi connectivity index (χ0) is 18.6. The van der Waals surface area contributed by atoms with Gasteiger partial charge in [-0.25, -0.2) is 4.79 Å². The molecule has 138 valence electrons. The molecule has 1 fully saturated rings. The van der Waals surface area contributed by atoms with Crippen molar-refractivity contribution < 1.29 is 14.7 Å². The summed E-state index contributed by atoms with van der Waals surface area (Å²) in [7, 11) is 1.70. The molecule has 0 heterocycles.